The fourth-order valence-corrected chi connectivity index (χ4v) is 2.82. The number of carbonyl (C=O) groups is 2. The predicted octanol–water partition coefficient (Wildman–Crippen LogP) is 3.43. The molecule has 0 spiro atoms. The van der Waals surface area contributed by atoms with Crippen LogP contribution < -0.4 is 5.32 Å². The van der Waals surface area contributed by atoms with Crippen LogP contribution in [0.5, 0.6) is 0 Å². The molecule has 0 unspecified atom stereocenters. The topological polar surface area (TPSA) is 68.3 Å². The van der Waals surface area contributed by atoms with Crippen LogP contribution in [0.2, 0.25) is 5.15 Å². The summed E-state index contributed by atoms with van der Waals surface area (Å²) in [7, 11) is 0. The average molecular weight is 361 g/mol. The predicted molar refractivity (Wildman–Crippen MR) is 96.9 cm³/mol. The molecular formula is C19H21ClN2O3. The van der Waals surface area contributed by atoms with Gasteiger partial charge in [0.25, 0.3) is 5.91 Å². The number of carbonyl (C=O) groups excluding carboxylic acids is 2. The Kier molecular flexibility index (Phi) is 6.53. The maximum Gasteiger partial charge on any atom is 0.342 e. The number of rotatable bonds is 6. The molecule has 5 nitrogen and oxygen atoms in total. The van der Waals surface area contributed by atoms with Crippen molar-refractivity contribution in [2.45, 2.75) is 26.7 Å². The van der Waals surface area contributed by atoms with Crippen LogP contribution in [0.3, 0.4) is 0 Å². The minimum atomic E-state index is -0.652. The summed E-state index contributed by atoms with van der Waals surface area (Å²) in [4.78, 5) is 28.1. The van der Waals surface area contributed by atoms with Crippen LogP contribution >= 0.6 is 11.6 Å². The summed E-state index contributed by atoms with van der Waals surface area (Å²) in [6.45, 7) is 5.66. The number of aryl methyl sites for hydroxylation is 2. The Balaban J connectivity index is 1.85. The van der Waals surface area contributed by atoms with E-state index in [1.165, 1.54) is 0 Å². The number of nitrogens with one attached hydrogen (secondary N) is 1. The van der Waals surface area contributed by atoms with Crippen molar-refractivity contribution >= 4 is 23.5 Å². The zero-order valence-electron chi connectivity index (χ0n) is 14.5. The van der Waals surface area contributed by atoms with Crippen LogP contribution in [0.4, 0.5) is 0 Å². The lowest BCUT2D eigenvalue weighted by molar-refractivity contribution is -0.124. The Labute approximate surface area is 152 Å². The van der Waals surface area contributed by atoms with Crippen molar-refractivity contribution in [1.29, 1.82) is 0 Å². The molecule has 6 heteroatoms. The summed E-state index contributed by atoms with van der Waals surface area (Å²) < 4.78 is 5.05. The molecule has 132 valence electrons. The van der Waals surface area contributed by atoms with E-state index in [9.17, 15) is 9.59 Å². The van der Waals surface area contributed by atoms with Crippen molar-refractivity contribution in [3.8, 4) is 0 Å². The van der Waals surface area contributed by atoms with Gasteiger partial charge >= 0.3 is 5.97 Å². The van der Waals surface area contributed by atoms with E-state index in [0.29, 0.717) is 17.8 Å². The molecule has 0 aliphatic carbocycles. The zero-order chi connectivity index (χ0) is 18.4. The Morgan fingerprint density at radius 2 is 1.92 bits per heavy atom. The Bertz CT molecular complexity index is 740. The molecule has 0 bridgehead atoms. The summed E-state index contributed by atoms with van der Waals surface area (Å²) >= 11 is 6.00. The molecule has 0 fully saturated rings. The van der Waals surface area contributed by atoms with Gasteiger partial charge in [0.2, 0.25) is 0 Å². The molecule has 0 saturated carbocycles. The quantitative estimate of drug-likeness (QED) is 0.633. The van der Waals surface area contributed by atoms with Crippen LogP contribution in [0.15, 0.2) is 36.4 Å². The van der Waals surface area contributed by atoms with Crippen molar-refractivity contribution in [1.82, 2.24) is 10.3 Å². The molecule has 25 heavy (non-hydrogen) atoms. The number of aromatic nitrogens is 1. The van der Waals surface area contributed by atoms with Crippen LogP contribution in [0.1, 0.15) is 40.0 Å². The van der Waals surface area contributed by atoms with Crippen molar-refractivity contribution in [2.24, 2.45) is 0 Å². The van der Waals surface area contributed by atoms with Gasteiger partial charge in [0.05, 0.1) is 5.56 Å². The molecule has 0 saturated heterocycles. The molecule has 1 heterocycles. The molecule has 2 aromatic rings. The maximum absolute atomic E-state index is 12.1. The third-order valence-electron chi connectivity index (χ3n) is 3.81. The number of halogens is 1. The molecule has 0 aliphatic rings. The van der Waals surface area contributed by atoms with Gasteiger partial charge in [-0.1, -0.05) is 48.9 Å². The molecule has 1 aromatic carbocycles. The highest BCUT2D eigenvalue weighted by Crippen LogP contribution is 2.19. The van der Waals surface area contributed by atoms with Gasteiger partial charge in [0.1, 0.15) is 5.15 Å². The minimum Gasteiger partial charge on any atom is -0.452 e. The summed E-state index contributed by atoms with van der Waals surface area (Å²) in [6, 6.07) is 11.6. The Morgan fingerprint density at radius 1 is 1.24 bits per heavy atom. The number of esters is 1. The maximum atomic E-state index is 12.1. The zero-order valence-corrected chi connectivity index (χ0v) is 15.3. The highest BCUT2D eigenvalue weighted by Gasteiger charge is 2.18. The van der Waals surface area contributed by atoms with Crippen LogP contribution in [-0.2, 0) is 9.53 Å². The monoisotopic (exact) mass is 360 g/mol. The van der Waals surface area contributed by atoms with E-state index in [1.807, 2.05) is 37.3 Å². The first-order valence-electron chi connectivity index (χ1n) is 8.01. The molecule has 2 rings (SSSR count). The van der Waals surface area contributed by atoms with E-state index in [0.717, 1.165) is 5.56 Å². The first-order valence-corrected chi connectivity index (χ1v) is 8.38. The van der Waals surface area contributed by atoms with Crippen LogP contribution in [-0.4, -0.2) is 30.0 Å². The number of benzene rings is 1. The van der Waals surface area contributed by atoms with Gasteiger partial charge in [-0.05, 0) is 37.0 Å². The first-order chi connectivity index (χ1) is 11.9. The second-order valence-corrected chi connectivity index (χ2v) is 6.30. The van der Waals surface area contributed by atoms with Crippen molar-refractivity contribution in [3.63, 3.8) is 0 Å². The first kappa shape index (κ1) is 18.9. The van der Waals surface area contributed by atoms with Gasteiger partial charge in [-0.2, -0.15) is 0 Å². The van der Waals surface area contributed by atoms with Gasteiger partial charge in [-0.25, -0.2) is 9.78 Å². The van der Waals surface area contributed by atoms with Gasteiger partial charge in [-0.15, -0.1) is 0 Å². The number of hydrogen-bond donors (Lipinski definition) is 1. The molecular weight excluding hydrogens is 340 g/mol. The van der Waals surface area contributed by atoms with Crippen LogP contribution in [0.25, 0.3) is 0 Å². The largest absolute Gasteiger partial charge is 0.452 e. The fraction of sp³-hybridized carbons (Fsp3) is 0.316. The third kappa shape index (κ3) is 5.29. The van der Waals surface area contributed by atoms with E-state index >= 15 is 0 Å². The summed E-state index contributed by atoms with van der Waals surface area (Å²) in [5.74, 6) is -0.843. The second-order valence-electron chi connectivity index (χ2n) is 5.94. The van der Waals surface area contributed by atoms with Crippen LogP contribution in [0, 0.1) is 13.8 Å². The molecule has 0 radical (unpaired) electrons. The molecule has 1 amide bonds. The van der Waals surface area contributed by atoms with Gasteiger partial charge < -0.3 is 10.1 Å². The lowest BCUT2D eigenvalue weighted by Crippen LogP contribution is -2.31. The Morgan fingerprint density at radius 3 is 2.56 bits per heavy atom. The number of nitrogens with zero attached hydrogens (tertiary/aromatic N) is 1. The molecule has 1 aromatic heterocycles. The molecule has 1 N–H and O–H groups in total. The van der Waals surface area contributed by atoms with Crippen molar-refractivity contribution < 1.29 is 14.3 Å². The fourth-order valence-electron chi connectivity index (χ4n) is 2.46. The van der Waals surface area contributed by atoms with Gasteiger partial charge in [0, 0.05) is 12.2 Å². The number of hydrogen-bond acceptors (Lipinski definition) is 4. The van der Waals surface area contributed by atoms with Gasteiger partial charge in [-0.3, -0.25) is 4.79 Å². The summed E-state index contributed by atoms with van der Waals surface area (Å²) in [6.07, 6.45) is 0. The minimum absolute atomic E-state index is 0.0839. The third-order valence-corrected chi connectivity index (χ3v) is 4.09. The van der Waals surface area contributed by atoms with E-state index < -0.39 is 5.97 Å². The smallest absolute Gasteiger partial charge is 0.342 e. The summed E-state index contributed by atoms with van der Waals surface area (Å²) in [5, 5.41) is 2.85. The lowest BCUT2D eigenvalue weighted by Gasteiger charge is -2.13. The standard InChI is InChI=1S/C19H21ClN2O3/c1-12-9-14(3)22-18(20)17(12)19(24)25-11-16(23)21-10-13(2)15-7-5-4-6-8-15/h4-9,13H,10-11H2,1-3H3,(H,21,23)/t13-/m1/s1. The normalized spacial score (nSPS) is 11.7. The van der Waals surface area contributed by atoms with Crippen molar-refractivity contribution in [2.75, 3.05) is 13.2 Å². The number of amides is 1. The van der Waals surface area contributed by atoms with Crippen molar-refractivity contribution in [3.05, 3.63) is 63.9 Å². The highest BCUT2D eigenvalue weighted by atomic mass is 35.5. The average Bonchev–Trinajstić information content (AvgIpc) is 2.57. The lowest BCUT2D eigenvalue weighted by atomic mass is 10.0. The Hall–Kier alpha value is -2.40. The molecule has 0 aliphatic heterocycles. The van der Waals surface area contributed by atoms with Gasteiger partial charge in [0.15, 0.2) is 6.61 Å². The van der Waals surface area contributed by atoms with E-state index in [-0.39, 0.29) is 29.1 Å². The second kappa shape index (κ2) is 8.62. The number of pyridine rings is 1. The van der Waals surface area contributed by atoms with E-state index in [4.69, 9.17) is 16.3 Å². The van der Waals surface area contributed by atoms with E-state index in [1.54, 1.807) is 19.9 Å². The summed E-state index contributed by atoms with van der Waals surface area (Å²) in [5.41, 5.74) is 2.71. The SMILES string of the molecule is Cc1cc(C)c(C(=O)OCC(=O)NC[C@@H](C)c2ccccc2)c(Cl)n1. The number of ether oxygens (including phenoxy) is 1. The highest BCUT2D eigenvalue weighted by molar-refractivity contribution is 6.32. The molecule has 1 atom stereocenters. The van der Waals surface area contributed by atoms with E-state index in [2.05, 4.69) is 10.3 Å².